The van der Waals surface area contributed by atoms with Crippen molar-refractivity contribution in [1.82, 2.24) is 0 Å². The van der Waals surface area contributed by atoms with Gasteiger partial charge in [-0.05, 0) is 0 Å². The summed E-state index contributed by atoms with van der Waals surface area (Å²) in [6.07, 6.45) is 0. The molecular weight excluding hydrogens is 235 g/mol. The van der Waals surface area contributed by atoms with Gasteiger partial charge in [0.05, 0.1) is 0 Å². The summed E-state index contributed by atoms with van der Waals surface area (Å²) in [7, 11) is 0. The zero-order chi connectivity index (χ0) is 5.98. The van der Waals surface area contributed by atoms with Gasteiger partial charge in [-0.1, -0.05) is 0 Å². The van der Waals surface area contributed by atoms with E-state index in [0.717, 1.165) is 0 Å². The molecule has 0 N–H and O–H groups in total. The number of benzene rings is 1. The molecule has 1 aromatic carbocycles. The Morgan fingerprint density at radius 2 is 2.00 bits per heavy atom. The summed E-state index contributed by atoms with van der Waals surface area (Å²) in [6, 6.07) is 8.49. The van der Waals surface area contributed by atoms with Crippen LogP contribution in [0.4, 0.5) is 0 Å². The second-order valence-corrected chi connectivity index (χ2v) is 2.81. The Morgan fingerprint density at radius 3 is 2.33 bits per heavy atom. The van der Waals surface area contributed by atoms with Gasteiger partial charge in [-0.25, -0.2) is 0 Å². The molecule has 0 fully saturated rings. The predicted octanol–water partition coefficient (Wildman–Crippen LogP) is -2.21. The molecule has 0 atom stereocenters. The van der Waals surface area contributed by atoms with Crippen molar-refractivity contribution in [3.8, 4) is 0 Å². The number of rotatable bonds is 0. The molecule has 9 heavy (non-hydrogen) atoms. The van der Waals surface area contributed by atoms with E-state index >= 15 is 0 Å². The first-order valence-corrected chi connectivity index (χ1v) is 3.38. The standard InChI is InChI=1S/C7H7.HI.Mg/c1-7-5-3-2-4-6-7;;/h2-3,5-6H,1H3;1H;/q;;+1/p-1. The van der Waals surface area contributed by atoms with E-state index in [1.54, 1.807) is 0 Å². The molecule has 44 valence electrons. The van der Waals surface area contributed by atoms with Crippen LogP contribution in [0.5, 0.6) is 0 Å². The molecule has 0 aliphatic rings. The molecule has 0 saturated carbocycles. The summed E-state index contributed by atoms with van der Waals surface area (Å²) in [5, 5.41) is 0. The second-order valence-electron chi connectivity index (χ2n) is 1.99. The van der Waals surface area contributed by atoms with Crippen LogP contribution < -0.4 is 27.7 Å². The maximum Gasteiger partial charge on any atom is -1.00 e. The Balaban J connectivity index is 0.000000640. The van der Waals surface area contributed by atoms with Crippen molar-refractivity contribution in [2.45, 2.75) is 6.92 Å². The molecule has 0 saturated heterocycles. The molecule has 1 aromatic rings. The van der Waals surface area contributed by atoms with Crippen molar-refractivity contribution < 1.29 is 24.0 Å². The zero-order valence-electron chi connectivity index (χ0n) is 5.39. The Labute approximate surface area is 85.5 Å². The Bertz CT molecular complexity index is 169. The van der Waals surface area contributed by atoms with E-state index in [-0.39, 0.29) is 24.0 Å². The van der Waals surface area contributed by atoms with Crippen molar-refractivity contribution in [3.05, 3.63) is 29.8 Å². The molecule has 2 heteroatoms. The average molecular weight is 242 g/mol. The largest absolute Gasteiger partial charge is 1.00 e. The number of halogens is 1. The molecule has 0 spiro atoms. The van der Waals surface area contributed by atoms with E-state index < -0.39 is 0 Å². The van der Waals surface area contributed by atoms with Crippen LogP contribution >= 0.6 is 0 Å². The first-order valence-electron chi connectivity index (χ1n) is 2.67. The maximum absolute atomic E-state index is 2.18. The van der Waals surface area contributed by atoms with E-state index in [2.05, 4.69) is 31.2 Å². The monoisotopic (exact) mass is 242 g/mol. The van der Waals surface area contributed by atoms with Crippen LogP contribution in [0.15, 0.2) is 24.3 Å². The second kappa shape index (κ2) is 4.52. The third-order valence-corrected chi connectivity index (χ3v) is 1.52. The topological polar surface area (TPSA) is 0 Å². The van der Waals surface area contributed by atoms with E-state index in [0.29, 0.717) is 0 Å². The summed E-state index contributed by atoms with van der Waals surface area (Å²) in [5.74, 6) is 0. The van der Waals surface area contributed by atoms with E-state index in [9.17, 15) is 0 Å². The molecule has 0 unspecified atom stereocenters. The van der Waals surface area contributed by atoms with Crippen LogP contribution in [-0.4, -0.2) is 21.7 Å². The van der Waals surface area contributed by atoms with Crippen LogP contribution in [0.1, 0.15) is 5.56 Å². The summed E-state index contributed by atoms with van der Waals surface area (Å²) >= 11 is 1.92. The molecule has 0 radical (unpaired) electrons. The van der Waals surface area contributed by atoms with Crippen LogP contribution in [0.3, 0.4) is 0 Å². The fraction of sp³-hybridized carbons (Fsp3) is 0.143. The maximum atomic E-state index is 2.18. The third kappa shape index (κ3) is 3.42. The molecule has 1 rings (SSSR count). The van der Waals surface area contributed by atoms with Gasteiger partial charge < -0.3 is 24.0 Å². The molecule has 0 nitrogen and oxygen atoms in total. The summed E-state index contributed by atoms with van der Waals surface area (Å²) in [4.78, 5) is 0. The molecule has 0 aliphatic carbocycles. The fourth-order valence-electron chi connectivity index (χ4n) is 0.712. The summed E-state index contributed by atoms with van der Waals surface area (Å²) in [6.45, 7) is 2.11. The van der Waals surface area contributed by atoms with Crippen molar-refractivity contribution in [1.29, 1.82) is 0 Å². The Hall–Kier alpha value is 0.716. The summed E-state index contributed by atoms with van der Waals surface area (Å²) < 4.78 is 1.37. The van der Waals surface area contributed by atoms with E-state index in [1.165, 1.54) is 9.26 Å². The van der Waals surface area contributed by atoms with Gasteiger partial charge in [0.1, 0.15) is 0 Å². The Kier molecular flexibility index (Phi) is 4.88. The number of hydrogen-bond donors (Lipinski definition) is 0. The van der Waals surface area contributed by atoms with Gasteiger partial charge in [-0.15, -0.1) is 0 Å². The van der Waals surface area contributed by atoms with Crippen molar-refractivity contribution in [2.24, 2.45) is 0 Å². The Morgan fingerprint density at radius 1 is 1.33 bits per heavy atom. The SMILES string of the molecule is Cc1ccc[c]([Mg+])c1.[I-]. The van der Waals surface area contributed by atoms with Crippen molar-refractivity contribution in [2.75, 3.05) is 0 Å². The normalized spacial score (nSPS) is 8.33. The first kappa shape index (κ1) is 9.72. The zero-order valence-corrected chi connectivity index (χ0v) is 8.97. The minimum Gasteiger partial charge on any atom is -1.00 e. The quantitative estimate of drug-likeness (QED) is 0.358. The molecule has 0 bridgehead atoms. The number of aryl methyl sites for hydroxylation is 1. The van der Waals surface area contributed by atoms with Gasteiger partial charge in [-0.2, -0.15) is 0 Å². The molecule has 0 aliphatic heterocycles. The van der Waals surface area contributed by atoms with Crippen LogP contribution in [-0.2, 0) is 0 Å². The first-order chi connectivity index (χ1) is 3.79. The third-order valence-electron chi connectivity index (χ3n) is 1.08. The van der Waals surface area contributed by atoms with Crippen molar-refractivity contribution in [3.63, 3.8) is 0 Å². The van der Waals surface area contributed by atoms with Crippen LogP contribution in [0, 0.1) is 6.92 Å². The van der Waals surface area contributed by atoms with Crippen molar-refractivity contribution >= 4 is 25.4 Å². The minimum absolute atomic E-state index is 0. The molecular formula is C7H7IMg. The predicted molar refractivity (Wildman–Crippen MR) is 36.6 cm³/mol. The van der Waals surface area contributed by atoms with Gasteiger partial charge in [0.25, 0.3) is 0 Å². The van der Waals surface area contributed by atoms with Gasteiger partial charge in [0, 0.05) is 0 Å². The van der Waals surface area contributed by atoms with Gasteiger partial charge >= 0.3 is 62.2 Å². The van der Waals surface area contributed by atoms with Gasteiger partial charge in [0.2, 0.25) is 0 Å². The van der Waals surface area contributed by atoms with E-state index in [4.69, 9.17) is 0 Å². The minimum atomic E-state index is 0. The van der Waals surface area contributed by atoms with Gasteiger partial charge in [0.15, 0.2) is 0 Å². The fourth-order valence-corrected chi connectivity index (χ4v) is 1.17. The molecule has 0 aromatic heterocycles. The smallest absolute Gasteiger partial charge is 1.00 e. The van der Waals surface area contributed by atoms with Crippen LogP contribution in [0.25, 0.3) is 0 Å². The average Bonchev–Trinajstić information content (AvgIpc) is 1.64. The number of hydrogen-bond acceptors (Lipinski definition) is 0. The molecule has 0 heterocycles. The van der Waals surface area contributed by atoms with Crippen LogP contribution in [0.2, 0.25) is 0 Å². The summed E-state index contributed by atoms with van der Waals surface area (Å²) in [5.41, 5.74) is 1.34. The van der Waals surface area contributed by atoms with Gasteiger partial charge in [-0.3, -0.25) is 0 Å². The molecule has 0 amide bonds. The van der Waals surface area contributed by atoms with E-state index in [1.807, 2.05) is 21.7 Å².